The van der Waals surface area contributed by atoms with Gasteiger partial charge in [-0.05, 0) is 73.7 Å². The van der Waals surface area contributed by atoms with Gasteiger partial charge in [0, 0.05) is 51.3 Å². The molecule has 6 rings (SSSR count). The lowest BCUT2D eigenvalue weighted by Crippen LogP contribution is -2.53. The molecular formula is C35H41BrN6O6S. The number of anilines is 1. The molecule has 2 N–H and O–H groups in total. The molecule has 12 nitrogen and oxygen atoms in total. The van der Waals surface area contributed by atoms with Gasteiger partial charge in [0.05, 0.1) is 31.9 Å². The number of piperidine rings is 2. The van der Waals surface area contributed by atoms with Gasteiger partial charge in [0.15, 0.2) is 0 Å². The first-order chi connectivity index (χ1) is 23.2. The number of rotatable bonds is 6. The van der Waals surface area contributed by atoms with Gasteiger partial charge in [-0.15, -0.1) is 11.3 Å². The number of hydrogen-bond donors (Lipinski definition) is 2. The number of benzene rings is 1. The second-order valence-corrected chi connectivity index (χ2v) is 16.3. The molecule has 0 radical (unpaired) electrons. The molecule has 260 valence electrons. The topological polar surface area (TPSA) is 139 Å². The second kappa shape index (κ2) is 13.7. The SMILES string of the molecule is Cn1ccc2c(=O)n(CC3(O)CCN(C(=O)[C@@H]4CCN(C(=O)c5cc(NC(=O)OC(C)(C)C)c(Br)s5)C[C@H]4c4ccccc4)CC3)cnc21. The molecule has 0 bridgehead atoms. The number of likely N-dealkylation sites (tertiary alicyclic amines) is 2. The van der Waals surface area contributed by atoms with Crippen molar-refractivity contribution in [1.29, 1.82) is 0 Å². The molecule has 0 saturated carbocycles. The fourth-order valence-corrected chi connectivity index (χ4v) is 8.29. The number of thiophene rings is 1. The summed E-state index contributed by atoms with van der Waals surface area (Å²) in [6.45, 7) is 6.93. The monoisotopic (exact) mass is 752 g/mol. The predicted octanol–water partition coefficient (Wildman–Crippen LogP) is 5.21. The number of ether oxygens (including phenoxy) is 1. The molecule has 2 saturated heterocycles. The Morgan fingerprint density at radius 1 is 1.10 bits per heavy atom. The van der Waals surface area contributed by atoms with E-state index in [-0.39, 0.29) is 35.8 Å². The smallest absolute Gasteiger partial charge is 0.412 e. The summed E-state index contributed by atoms with van der Waals surface area (Å²) in [5, 5.41) is 14.7. The molecule has 2 aliphatic heterocycles. The van der Waals surface area contributed by atoms with Crippen molar-refractivity contribution in [1.82, 2.24) is 23.9 Å². The largest absolute Gasteiger partial charge is 0.444 e. The summed E-state index contributed by atoms with van der Waals surface area (Å²) in [7, 11) is 1.83. The number of amides is 3. The average molecular weight is 754 g/mol. The number of aliphatic hydroxyl groups is 1. The van der Waals surface area contributed by atoms with Gasteiger partial charge in [-0.1, -0.05) is 30.3 Å². The summed E-state index contributed by atoms with van der Waals surface area (Å²) in [6.07, 6.45) is 3.81. The van der Waals surface area contributed by atoms with E-state index in [2.05, 4.69) is 26.2 Å². The van der Waals surface area contributed by atoms with Crippen LogP contribution >= 0.6 is 27.3 Å². The Labute approximate surface area is 296 Å². The predicted molar refractivity (Wildman–Crippen MR) is 191 cm³/mol. The highest BCUT2D eigenvalue weighted by Crippen LogP contribution is 2.38. The van der Waals surface area contributed by atoms with E-state index in [0.29, 0.717) is 70.8 Å². The Bertz CT molecular complexity index is 1920. The van der Waals surface area contributed by atoms with E-state index in [1.807, 2.05) is 42.3 Å². The van der Waals surface area contributed by atoms with Crippen molar-refractivity contribution in [2.45, 2.75) is 63.7 Å². The summed E-state index contributed by atoms with van der Waals surface area (Å²) in [4.78, 5) is 61.8. The summed E-state index contributed by atoms with van der Waals surface area (Å²) >= 11 is 4.70. The first-order valence-corrected chi connectivity index (χ1v) is 18.0. The fourth-order valence-electron chi connectivity index (χ4n) is 6.75. The van der Waals surface area contributed by atoms with E-state index in [0.717, 1.165) is 5.56 Å². The third kappa shape index (κ3) is 7.60. The van der Waals surface area contributed by atoms with Crippen LogP contribution in [0.3, 0.4) is 0 Å². The summed E-state index contributed by atoms with van der Waals surface area (Å²) in [6, 6.07) is 13.2. The molecule has 49 heavy (non-hydrogen) atoms. The minimum Gasteiger partial charge on any atom is -0.444 e. The number of hydrogen-bond acceptors (Lipinski definition) is 8. The van der Waals surface area contributed by atoms with Crippen LogP contribution in [0.5, 0.6) is 0 Å². The van der Waals surface area contributed by atoms with Crippen LogP contribution in [-0.2, 0) is 23.1 Å². The van der Waals surface area contributed by atoms with Gasteiger partial charge in [-0.25, -0.2) is 9.78 Å². The van der Waals surface area contributed by atoms with Gasteiger partial charge in [-0.3, -0.25) is 24.3 Å². The van der Waals surface area contributed by atoms with Crippen molar-refractivity contribution in [3.63, 3.8) is 0 Å². The second-order valence-electron chi connectivity index (χ2n) is 14.0. The van der Waals surface area contributed by atoms with E-state index >= 15 is 0 Å². The lowest BCUT2D eigenvalue weighted by Gasteiger charge is -2.43. The highest BCUT2D eigenvalue weighted by atomic mass is 79.9. The Kier molecular flexibility index (Phi) is 9.75. The van der Waals surface area contributed by atoms with Crippen LogP contribution in [0.25, 0.3) is 11.0 Å². The molecule has 0 spiro atoms. The van der Waals surface area contributed by atoms with Crippen LogP contribution in [0.2, 0.25) is 0 Å². The maximum Gasteiger partial charge on any atom is 0.412 e. The van der Waals surface area contributed by atoms with Crippen LogP contribution in [0.15, 0.2) is 63.6 Å². The van der Waals surface area contributed by atoms with Crippen LogP contribution in [0.1, 0.15) is 61.2 Å². The Morgan fingerprint density at radius 2 is 1.82 bits per heavy atom. The molecule has 3 amide bonds. The zero-order valence-electron chi connectivity index (χ0n) is 28.0. The van der Waals surface area contributed by atoms with Gasteiger partial charge in [0.1, 0.15) is 17.6 Å². The number of aromatic nitrogens is 3. The zero-order chi connectivity index (χ0) is 35.1. The summed E-state index contributed by atoms with van der Waals surface area (Å²) < 4.78 is 9.21. The van der Waals surface area contributed by atoms with Gasteiger partial charge in [0.2, 0.25) is 5.91 Å². The molecular weight excluding hydrogens is 712 g/mol. The maximum absolute atomic E-state index is 14.1. The molecule has 0 unspecified atom stereocenters. The first-order valence-electron chi connectivity index (χ1n) is 16.4. The lowest BCUT2D eigenvalue weighted by atomic mass is 9.79. The van der Waals surface area contributed by atoms with Crippen LogP contribution < -0.4 is 10.9 Å². The molecule has 0 aliphatic carbocycles. The van der Waals surface area contributed by atoms with Crippen molar-refractivity contribution in [3.05, 3.63) is 79.6 Å². The number of aryl methyl sites for hydroxylation is 1. The Balaban J connectivity index is 1.13. The fraction of sp³-hybridized carbons (Fsp3) is 0.457. The zero-order valence-corrected chi connectivity index (χ0v) is 30.4. The quantitative estimate of drug-likeness (QED) is 0.276. The molecule has 2 fully saturated rings. The van der Waals surface area contributed by atoms with Gasteiger partial charge < -0.3 is 24.2 Å². The van der Waals surface area contributed by atoms with E-state index in [1.165, 1.54) is 22.2 Å². The summed E-state index contributed by atoms with van der Waals surface area (Å²) in [5.41, 5.74) is 0.0258. The Morgan fingerprint density at radius 3 is 2.51 bits per heavy atom. The van der Waals surface area contributed by atoms with Crippen molar-refractivity contribution >= 4 is 61.9 Å². The van der Waals surface area contributed by atoms with Crippen LogP contribution in [-0.4, -0.2) is 84.3 Å². The third-order valence-corrected chi connectivity index (χ3v) is 11.1. The standard InChI is InChI=1S/C35H41BrN6O6S/c1-34(2,3)48-33(46)38-26-18-27(49-28(26)36)32(45)41-15-11-23(25(19-41)22-8-6-5-7-9-22)30(43)40-16-12-35(47,13-17-40)20-42-21-37-29-24(31(42)44)10-14-39(29)4/h5-10,14,18,21,23,25,47H,11-13,15-17,19-20H2,1-4H3,(H,38,46)/t23-,25+/m1/s1. The minimum atomic E-state index is -1.15. The van der Waals surface area contributed by atoms with Gasteiger partial charge in [0.25, 0.3) is 11.5 Å². The molecule has 2 atom stereocenters. The Hall–Kier alpha value is -4.01. The molecule has 2 aliphatic rings. The van der Waals surface area contributed by atoms with Crippen molar-refractivity contribution in [2.24, 2.45) is 13.0 Å². The number of fused-ring (bicyclic) bond motifs is 1. The number of carbonyl (C=O) groups excluding carboxylic acids is 3. The minimum absolute atomic E-state index is 0.00950. The van der Waals surface area contributed by atoms with Gasteiger partial charge >= 0.3 is 6.09 Å². The number of nitrogens with one attached hydrogen (secondary N) is 1. The lowest BCUT2D eigenvalue weighted by molar-refractivity contribution is -0.142. The van der Waals surface area contributed by atoms with Crippen LogP contribution in [0.4, 0.5) is 10.5 Å². The summed E-state index contributed by atoms with van der Waals surface area (Å²) in [5.74, 6) is -0.729. The average Bonchev–Trinajstić information content (AvgIpc) is 3.63. The van der Waals surface area contributed by atoms with E-state index in [1.54, 1.807) is 48.6 Å². The van der Waals surface area contributed by atoms with E-state index in [9.17, 15) is 24.3 Å². The van der Waals surface area contributed by atoms with Crippen molar-refractivity contribution in [2.75, 3.05) is 31.5 Å². The molecule has 14 heteroatoms. The van der Waals surface area contributed by atoms with Crippen molar-refractivity contribution < 1.29 is 24.2 Å². The highest BCUT2D eigenvalue weighted by Gasteiger charge is 2.42. The van der Waals surface area contributed by atoms with Crippen LogP contribution in [0, 0.1) is 5.92 Å². The molecule has 1 aromatic carbocycles. The number of halogens is 1. The van der Waals surface area contributed by atoms with E-state index < -0.39 is 17.3 Å². The molecule has 5 heterocycles. The first kappa shape index (κ1) is 34.8. The number of nitrogens with zero attached hydrogens (tertiary/aromatic N) is 5. The van der Waals surface area contributed by atoms with Gasteiger partial charge in [-0.2, -0.15) is 0 Å². The van der Waals surface area contributed by atoms with Crippen molar-refractivity contribution in [3.8, 4) is 0 Å². The van der Waals surface area contributed by atoms with E-state index in [4.69, 9.17) is 4.74 Å². The third-order valence-electron chi connectivity index (χ3n) is 9.30. The molecule has 4 aromatic rings. The highest BCUT2D eigenvalue weighted by molar-refractivity contribution is 9.11. The maximum atomic E-state index is 14.1. The molecule has 3 aromatic heterocycles. The normalized spacial score (nSPS) is 19.6. The number of carbonyl (C=O) groups is 3.